The van der Waals surface area contributed by atoms with Crippen LogP contribution in [0.3, 0.4) is 0 Å². The molecule has 0 aromatic heterocycles. The maximum Gasteiger partial charge on any atom is 0.306 e. The van der Waals surface area contributed by atoms with Crippen molar-refractivity contribution in [3.8, 4) is 0 Å². The highest BCUT2D eigenvalue weighted by molar-refractivity contribution is 5.71. The number of unbranched alkanes of at least 4 members (excludes halogenated alkanes) is 52. The maximum atomic E-state index is 12.9. The Bertz CT molecular complexity index is 1090. The molecule has 0 rings (SSSR count). The Kier molecular flexibility index (Phi) is 61.6. The van der Waals surface area contributed by atoms with Crippen LogP contribution < -0.4 is 0 Å². The lowest BCUT2D eigenvalue weighted by Gasteiger charge is -2.18. The molecule has 6 nitrogen and oxygen atoms in total. The standard InChI is InChI=1S/C67H130O6/c1-4-7-10-13-16-19-22-24-26-28-29-30-31-32-33-34-35-36-37-38-39-40-42-43-45-48-51-54-57-60-66(69)72-63-64(62-71-65(68)59-56-53-50-47-21-18-15-12-9-6-3)73-67(70)61-58-55-52-49-46-44-41-27-25-23-20-17-14-11-8-5-2/h64H,4-63H2,1-3H3. The first-order valence-electron chi connectivity index (χ1n) is 33.5. The molecule has 0 aromatic carbocycles. The Morgan fingerprint density at radius 3 is 0.548 bits per heavy atom. The molecule has 0 heterocycles. The molecule has 0 fully saturated rings. The molecular formula is C67H130O6. The molecule has 434 valence electrons. The van der Waals surface area contributed by atoms with Crippen molar-refractivity contribution < 1.29 is 28.6 Å². The number of carbonyl (C=O) groups excluding carboxylic acids is 3. The van der Waals surface area contributed by atoms with Gasteiger partial charge in [0.25, 0.3) is 0 Å². The van der Waals surface area contributed by atoms with E-state index >= 15 is 0 Å². The van der Waals surface area contributed by atoms with Gasteiger partial charge in [0.15, 0.2) is 6.10 Å². The van der Waals surface area contributed by atoms with Crippen LogP contribution in [0.15, 0.2) is 0 Å². The van der Waals surface area contributed by atoms with Gasteiger partial charge in [0.05, 0.1) is 0 Å². The van der Waals surface area contributed by atoms with Gasteiger partial charge in [0, 0.05) is 19.3 Å². The molecule has 1 atom stereocenters. The van der Waals surface area contributed by atoms with Crippen LogP contribution in [0.25, 0.3) is 0 Å². The summed E-state index contributed by atoms with van der Waals surface area (Å²) in [5, 5.41) is 0. The van der Waals surface area contributed by atoms with E-state index in [2.05, 4.69) is 20.8 Å². The minimum atomic E-state index is -0.761. The average Bonchev–Trinajstić information content (AvgIpc) is 3.39. The molecule has 0 N–H and O–H groups in total. The van der Waals surface area contributed by atoms with Crippen LogP contribution in [0.4, 0.5) is 0 Å². The number of hydrogen-bond acceptors (Lipinski definition) is 6. The largest absolute Gasteiger partial charge is 0.462 e. The fourth-order valence-corrected chi connectivity index (χ4v) is 10.6. The average molecular weight is 1030 g/mol. The molecule has 0 bridgehead atoms. The molecule has 0 aliphatic rings. The van der Waals surface area contributed by atoms with E-state index in [9.17, 15) is 14.4 Å². The van der Waals surface area contributed by atoms with Crippen LogP contribution in [0.1, 0.15) is 393 Å². The summed E-state index contributed by atoms with van der Waals surface area (Å²) >= 11 is 0. The SMILES string of the molecule is CCCCCCCCCCCCCCCCCCCCCCCCCCCCCCCC(=O)OCC(COC(=O)CCCCCCCCCCCC)OC(=O)CCCCCCCCCCCCCCCCCC. The molecule has 0 aliphatic carbocycles. The van der Waals surface area contributed by atoms with Gasteiger partial charge in [-0.15, -0.1) is 0 Å². The quantitative estimate of drug-likeness (QED) is 0.0343. The van der Waals surface area contributed by atoms with Crippen molar-refractivity contribution in [3.05, 3.63) is 0 Å². The Balaban J connectivity index is 4.05. The summed E-state index contributed by atoms with van der Waals surface area (Å²) in [5.41, 5.74) is 0. The predicted molar refractivity (Wildman–Crippen MR) is 317 cm³/mol. The molecular weight excluding hydrogens is 901 g/mol. The predicted octanol–water partition coefficient (Wildman–Crippen LogP) is 22.7. The van der Waals surface area contributed by atoms with Crippen LogP contribution in [0.5, 0.6) is 0 Å². The van der Waals surface area contributed by atoms with Gasteiger partial charge in [-0.3, -0.25) is 14.4 Å². The van der Waals surface area contributed by atoms with Crippen LogP contribution >= 0.6 is 0 Å². The fraction of sp³-hybridized carbons (Fsp3) is 0.955. The lowest BCUT2D eigenvalue weighted by atomic mass is 10.0. The Hall–Kier alpha value is -1.59. The van der Waals surface area contributed by atoms with Crippen molar-refractivity contribution in [2.24, 2.45) is 0 Å². The second-order valence-corrected chi connectivity index (χ2v) is 23.1. The van der Waals surface area contributed by atoms with Gasteiger partial charge < -0.3 is 14.2 Å². The number of carbonyl (C=O) groups is 3. The van der Waals surface area contributed by atoms with Crippen molar-refractivity contribution in [1.82, 2.24) is 0 Å². The molecule has 6 heteroatoms. The van der Waals surface area contributed by atoms with Crippen LogP contribution in [0.2, 0.25) is 0 Å². The summed E-state index contributed by atoms with van der Waals surface area (Å²) in [6, 6.07) is 0. The highest BCUT2D eigenvalue weighted by atomic mass is 16.6. The Morgan fingerprint density at radius 2 is 0.370 bits per heavy atom. The monoisotopic (exact) mass is 1030 g/mol. The van der Waals surface area contributed by atoms with E-state index in [1.807, 2.05) is 0 Å². The number of rotatable bonds is 63. The van der Waals surface area contributed by atoms with E-state index in [4.69, 9.17) is 14.2 Å². The normalized spacial score (nSPS) is 11.9. The van der Waals surface area contributed by atoms with Crippen molar-refractivity contribution >= 4 is 17.9 Å². The molecule has 0 spiro atoms. The number of esters is 3. The molecule has 0 radical (unpaired) electrons. The third kappa shape index (κ3) is 61.1. The van der Waals surface area contributed by atoms with E-state index in [1.54, 1.807) is 0 Å². The van der Waals surface area contributed by atoms with Gasteiger partial charge in [-0.25, -0.2) is 0 Å². The van der Waals surface area contributed by atoms with E-state index in [-0.39, 0.29) is 31.1 Å². The number of ether oxygens (including phenoxy) is 3. The van der Waals surface area contributed by atoms with Crippen molar-refractivity contribution in [3.63, 3.8) is 0 Å². The van der Waals surface area contributed by atoms with Crippen molar-refractivity contribution in [2.45, 2.75) is 399 Å². The highest BCUT2D eigenvalue weighted by Crippen LogP contribution is 2.19. The lowest BCUT2D eigenvalue weighted by Crippen LogP contribution is -2.30. The van der Waals surface area contributed by atoms with Crippen LogP contribution in [-0.4, -0.2) is 37.2 Å². The first kappa shape index (κ1) is 71.4. The minimum Gasteiger partial charge on any atom is -0.462 e. The molecule has 0 saturated carbocycles. The summed E-state index contributed by atoms with van der Waals surface area (Å²) in [6.45, 7) is 6.71. The van der Waals surface area contributed by atoms with Crippen molar-refractivity contribution in [1.29, 1.82) is 0 Å². The van der Waals surface area contributed by atoms with Gasteiger partial charge >= 0.3 is 17.9 Å². The van der Waals surface area contributed by atoms with E-state index in [0.29, 0.717) is 19.3 Å². The van der Waals surface area contributed by atoms with Gasteiger partial charge in [0.1, 0.15) is 13.2 Å². The summed E-state index contributed by atoms with van der Waals surface area (Å²) < 4.78 is 16.9. The van der Waals surface area contributed by atoms with Gasteiger partial charge in [0.2, 0.25) is 0 Å². The Labute approximate surface area is 457 Å². The van der Waals surface area contributed by atoms with Crippen LogP contribution in [-0.2, 0) is 28.6 Å². The zero-order chi connectivity index (χ0) is 52.9. The van der Waals surface area contributed by atoms with Gasteiger partial charge in [-0.1, -0.05) is 355 Å². The molecule has 0 saturated heterocycles. The lowest BCUT2D eigenvalue weighted by molar-refractivity contribution is -0.167. The summed E-state index contributed by atoms with van der Waals surface area (Å²) in [4.78, 5) is 38.2. The van der Waals surface area contributed by atoms with Crippen molar-refractivity contribution in [2.75, 3.05) is 13.2 Å². The maximum absolute atomic E-state index is 12.9. The highest BCUT2D eigenvalue weighted by Gasteiger charge is 2.19. The molecule has 0 amide bonds. The van der Waals surface area contributed by atoms with E-state index in [1.165, 1.54) is 295 Å². The minimum absolute atomic E-state index is 0.0609. The van der Waals surface area contributed by atoms with E-state index in [0.717, 1.165) is 57.8 Å². The molecule has 0 aromatic rings. The van der Waals surface area contributed by atoms with Crippen LogP contribution in [0, 0.1) is 0 Å². The third-order valence-corrected chi connectivity index (χ3v) is 15.6. The van der Waals surface area contributed by atoms with Gasteiger partial charge in [-0.05, 0) is 19.3 Å². The smallest absolute Gasteiger partial charge is 0.306 e. The number of hydrogen-bond donors (Lipinski definition) is 0. The zero-order valence-electron chi connectivity index (χ0n) is 50.0. The third-order valence-electron chi connectivity index (χ3n) is 15.6. The summed E-state index contributed by atoms with van der Waals surface area (Å²) in [5.74, 6) is -0.829. The molecule has 73 heavy (non-hydrogen) atoms. The molecule has 0 aliphatic heterocycles. The topological polar surface area (TPSA) is 78.9 Å². The van der Waals surface area contributed by atoms with Gasteiger partial charge in [-0.2, -0.15) is 0 Å². The first-order valence-corrected chi connectivity index (χ1v) is 33.5. The second-order valence-electron chi connectivity index (χ2n) is 23.1. The first-order chi connectivity index (χ1) is 36.0. The summed E-state index contributed by atoms with van der Waals surface area (Å²) in [6.07, 6.45) is 72.8. The zero-order valence-corrected chi connectivity index (χ0v) is 50.0. The van der Waals surface area contributed by atoms with E-state index < -0.39 is 6.10 Å². The summed E-state index contributed by atoms with van der Waals surface area (Å²) in [7, 11) is 0. The molecule has 1 unspecified atom stereocenters. The fourth-order valence-electron chi connectivity index (χ4n) is 10.6. The Morgan fingerprint density at radius 1 is 0.219 bits per heavy atom. The second kappa shape index (κ2) is 62.9.